The molecule has 1 N–H and O–H groups in total. The normalized spacial score (nSPS) is 11.3. The predicted molar refractivity (Wildman–Crippen MR) is 64.8 cm³/mol. The third kappa shape index (κ3) is 6.53. The molecular formula is C10H14F3N3OS. The van der Waals surface area contributed by atoms with E-state index >= 15 is 0 Å². The smallest absolute Gasteiger partial charge is 0.441 e. The van der Waals surface area contributed by atoms with Crippen molar-refractivity contribution in [1.29, 1.82) is 0 Å². The molecule has 0 amide bonds. The molecule has 0 aliphatic carbocycles. The van der Waals surface area contributed by atoms with Gasteiger partial charge in [-0.3, -0.25) is 0 Å². The summed E-state index contributed by atoms with van der Waals surface area (Å²) in [5, 5.41) is 2.78. The van der Waals surface area contributed by atoms with Crippen LogP contribution in [0.5, 0.6) is 5.88 Å². The van der Waals surface area contributed by atoms with Gasteiger partial charge in [-0.05, 0) is 18.2 Å². The van der Waals surface area contributed by atoms with Crippen LogP contribution < -0.4 is 10.1 Å². The third-order valence-corrected chi connectivity index (χ3v) is 2.51. The first-order valence-electron chi connectivity index (χ1n) is 5.40. The molecule has 0 bridgehead atoms. The van der Waals surface area contributed by atoms with Gasteiger partial charge >= 0.3 is 5.51 Å². The van der Waals surface area contributed by atoms with E-state index in [1.54, 1.807) is 6.07 Å². The van der Waals surface area contributed by atoms with Crippen LogP contribution >= 0.6 is 11.8 Å². The summed E-state index contributed by atoms with van der Waals surface area (Å²) in [5.41, 5.74) is -4.19. The lowest BCUT2D eigenvalue weighted by atomic mass is 10.5. The minimum Gasteiger partial charge on any atom is -0.478 e. The molecule has 0 unspecified atom stereocenters. The highest BCUT2D eigenvalue weighted by Gasteiger charge is 2.27. The molecule has 1 rings (SSSR count). The molecule has 1 heterocycles. The Balaban J connectivity index is 2.33. The molecule has 0 aliphatic heterocycles. The molecule has 0 aromatic carbocycles. The van der Waals surface area contributed by atoms with Crippen LogP contribution in [0, 0.1) is 0 Å². The molecule has 0 spiro atoms. The van der Waals surface area contributed by atoms with Crippen molar-refractivity contribution >= 4 is 17.6 Å². The summed E-state index contributed by atoms with van der Waals surface area (Å²) < 4.78 is 40.9. The predicted octanol–water partition coefficient (Wildman–Crippen LogP) is 2.93. The van der Waals surface area contributed by atoms with Crippen LogP contribution in [-0.4, -0.2) is 34.4 Å². The Bertz CT molecular complexity index is 362. The first kappa shape index (κ1) is 14.9. The van der Waals surface area contributed by atoms with E-state index in [0.717, 1.165) is 6.42 Å². The number of aromatic nitrogens is 2. The monoisotopic (exact) mass is 281 g/mol. The Kier molecular flexibility index (Phi) is 6.03. The number of nitrogens with zero attached hydrogens (tertiary/aromatic N) is 2. The van der Waals surface area contributed by atoms with Gasteiger partial charge in [-0.15, -0.1) is 0 Å². The summed E-state index contributed by atoms with van der Waals surface area (Å²) in [6.07, 6.45) is 2.17. The summed E-state index contributed by atoms with van der Waals surface area (Å²) >= 11 is -0.0663. The van der Waals surface area contributed by atoms with E-state index in [-0.39, 0.29) is 24.1 Å². The molecule has 0 radical (unpaired) electrons. The quantitative estimate of drug-likeness (QED) is 0.779. The molecular weight excluding hydrogens is 267 g/mol. The summed E-state index contributed by atoms with van der Waals surface area (Å²) in [5.74, 6) is 0.801. The average Bonchev–Trinajstić information content (AvgIpc) is 2.31. The lowest BCUT2D eigenvalue weighted by molar-refractivity contribution is -0.0327. The number of rotatable bonds is 7. The van der Waals surface area contributed by atoms with Crippen molar-refractivity contribution in [1.82, 2.24) is 9.97 Å². The zero-order valence-corrected chi connectivity index (χ0v) is 10.6. The maximum atomic E-state index is 11.9. The zero-order valence-electron chi connectivity index (χ0n) is 9.83. The molecule has 0 saturated heterocycles. The van der Waals surface area contributed by atoms with E-state index in [4.69, 9.17) is 4.74 Å². The van der Waals surface area contributed by atoms with Gasteiger partial charge in [0, 0.05) is 18.4 Å². The second-order valence-electron chi connectivity index (χ2n) is 3.31. The van der Waals surface area contributed by atoms with Crippen LogP contribution in [0.1, 0.15) is 13.3 Å². The third-order valence-electron chi connectivity index (χ3n) is 1.77. The fraction of sp³-hybridized carbons (Fsp3) is 0.600. The lowest BCUT2D eigenvalue weighted by Crippen LogP contribution is -2.10. The summed E-state index contributed by atoms with van der Waals surface area (Å²) in [4.78, 5) is 7.77. The van der Waals surface area contributed by atoms with Crippen molar-refractivity contribution in [3.63, 3.8) is 0 Å². The van der Waals surface area contributed by atoms with E-state index in [0.29, 0.717) is 18.3 Å². The first-order chi connectivity index (χ1) is 8.51. The number of halogens is 3. The van der Waals surface area contributed by atoms with E-state index in [1.807, 2.05) is 6.92 Å². The molecule has 102 valence electrons. The highest BCUT2D eigenvalue weighted by molar-refractivity contribution is 8.00. The largest absolute Gasteiger partial charge is 0.478 e. The molecule has 0 fully saturated rings. The molecule has 8 heteroatoms. The second-order valence-corrected chi connectivity index (χ2v) is 4.47. The van der Waals surface area contributed by atoms with E-state index in [1.165, 1.54) is 6.33 Å². The van der Waals surface area contributed by atoms with E-state index < -0.39 is 5.51 Å². The van der Waals surface area contributed by atoms with Crippen LogP contribution in [0.15, 0.2) is 12.4 Å². The number of ether oxygens (including phenoxy) is 1. The lowest BCUT2D eigenvalue weighted by Gasteiger charge is -2.08. The molecule has 1 aromatic rings. The van der Waals surface area contributed by atoms with Crippen LogP contribution in [-0.2, 0) is 0 Å². The van der Waals surface area contributed by atoms with Gasteiger partial charge in [-0.1, -0.05) is 6.92 Å². The van der Waals surface area contributed by atoms with Gasteiger partial charge in [0.15, 0.2) is 0 Å². The van der Waals surface area contributed by atoms with Gasteiger partial charge in [0.1, 0.15) is 12.1 Å². The van der Waals surface area contributed by atoms with Crippen molar-refractivity contribution in [2.75, 3.05) is 24.2 Å². The number of hydrogen-bond donors (Lipinski definition) is 1. The van der Waals surface area contributed by atoms with Gasteiger partial charge < -0.3 is 10.1 Å². The highest BCUT2D eigenvalue weighted by Crippen LogP contribution is 2.29. The van der Waals surface area contributed by atoms with Gasteiger partial charge in [-0.25, -0.2) is 9.97 Å². The maximum Gasteiger partial charge on any atom is 0.441 e. The van der Waals surface area contributed by atoms with Gasteiger partial charge in [0.25, 0.3) is 0 Å². The fourth-order valence-electron chi connectivity index (χ4n) is 1.07. The summed E-state index contributed by atoms with van der Waals surface area (Å²) in [6.45, 7) is 2.68. The molecule has 1 aromatic heterocycles. The molecule has 0 atom stereocenters. The van der Waals surface area contributed by atoms with E-state index in [2.05, 4.69) is 15.3 Å². The Labute approximate surface area is 107 Å². The van der Waals surface area contributed by atoms with Crippen LogP contribution in [0.4, 0.5) is 19.0 Å². The van der Waals surface area contributed by atoms with Crippen molar-refractivity contribution in [2.45, 2.75) is 18.9 Å². The number of nitrogens with one attached hydrogen (secondary N) is 1. The van der Waals surface area contributed by atoms with Gasteiger partial charge in [-0.2, -0.15) is 13.2 Å². The van der Waals surface area contributed by atoms with Gasteiger partial charge in [0.05, 0.1) is 6.61 Å². The van der Waals surface area contributed by atoms with E-state index in [9.17, 15) is 13.2 Å². The first-order valence-corrected chi connectivity index (χ1v) is 6.39. The molecule has 0 aliphatic rings. The minimum absolute atomic E-state index is 0.0663. The number of anilines is 1. The minimum atomic E-state index is -4.19. The number of hydrogen-bond acceptors (Lipinski definition) is 5. The highest BCUT2D eigenvalue weighted by atomic mass is 32.2. The van der Waals surface area contributed by atoms with Crippen LogP contribution in [0.25, 0.3) is 0 Å². The molecule has 4 nitrogen and oxygen atoms in total. The Morgan fingerprint density at radius 2 is 2.17 bits per heavy atom. The number of alkyl halides is 3. The zero-order chi connectivity index (χ0) is 13.4. The molecule has 0 saturated carbocycles. The van der Waals surface area contributed by atoms with Gasteiger partial charge in [0.2, 0.25) is 5.88 Å². The van der Waals surface area contributed by atoms with Crippen molar-refractivity contribution < 1.29 is 17.9 Å². The van der Waals surface area contributed by atoms with Crippen molar-refractivity contribution in [3.05, 3.63) is 12.4 Å². The topological polar surface area (TPSA) is 47.0 Å². The number of thioether (sulfide) groups is 1. The van der Waals surface area contributed by atoms with Crippen molar-refractivity contribution in [3.8, 4) is 5.88 Å². The SMILES string of the molecule is CCCOc1cc(NCCSC(F)(F)F)ncn1. The standard InChI is InChI=1S/C10H14F3N3OS/c1-2-4-17-9-6-8(15-7-16-9)14-3-5-18-10(11,12)13/h6-7H,2-5H2,1H3,(H,14,15,16). The average molecular weight is 281 g/mol. The van der Waals surface area contributed by atoms with Crippen molar-refractivity contribution in [2.24, 2.45) is 0 Å². The second kappa shape index (κ2) is 7.30. The van der Waals surface area contributed by atoms with Crippen LogP contribution in [0.3, 0.4) is 0 Å². The Morgan fingerprint density at radius 3 is 2.83 bits per heavy atom. The Morgan fingerprint density at radius 1 is 1.39 bits per heavy atom. The maximum absolute atomic E-state index is 11.9. The van der Waals surface area contributed by atoms with Crippen LogP contribution in [0.2, 0.25) is 0 Å². The molecule has 18 heavy (non-hydrogen) atoms. The summed E-state index contributed by atoms with van der Waals surface area (Å²) in [6, 6.07) is 1.56. The summed E-state index contributed by atoms with van der Waals surface area (Å²) in [7, 11) is 0. The Hall–Kier alpha value is -1.18. The fourth-order valence-corrected chi connectivity index (χ4v) is 1.50.